The highest BCUT2D eigenvalue weighted by atomic mass is 28.5. The Kier molecular flexibility index (Phi) is 26.9. The van der Waals surface area contributed by atoms with E-state index in [0.717, 1.165) is 50.2 Å². The van der Waals surface area contributed by atoms with E-state index in [1.165, 1.54) is 0 Å². The van der Waals surface area contributed by atoms with Crippen LogP contribution in [0.2, 0.25) is 181 Å². The molecule has 63 heavy (non-hydrogen) atoms. The molecule has 12 nitrogen and oxygen atoms in total. The highest BCUT2D eigenvalue weighted by molar-refractivity contribution is 6.95. The Hall–Kier alpha value is 2.12. The Morgan fingerprint density at radius 2 is 0.667 bits per heavy atom. The molecule has 0 rings (SSSR count). The van der Waals surface area contributed by atoms with E-state index < -0.39 is 102 Å². The summed E-state index contributed by atoms with van der Waals surface area (Å²) < 4.78 is 84.8. The molecule has 0 spiro atoms. The van der Waals surface area contributed by atoms with E-state index in [0.29, 0.717) is 31.9 Å². The Labute approximate surface area is 403 Å². The lowest BCUT2D eigenvalue weighted by Crippen LogP contribution is -2.67. The fourth-order valence-electron chi connectivity index (χ4n) is 8.52. The molecular formula is C39H104O12Si12. The van der Waals surface area contributed by atoms with Crippen LogP contribution in [0, 0.1) is 0 Å². The molecule has 380 valence electrons. The minimum atomic E-state index is -3.75. The van der Waals surface area contributed by atoms with Crippen molar-refractivity contribution in [2.75, 3.05) is 26.9 Å². The molecule has 2 unspecified atom stereocenters. The lowest BCUT2D eigenvalue weighted by molar-refractivity contribution is 0.0702. The molecule has 0 fully saturated rings. The molecule has 0 saturated heterocycles. The zero-order valence-corrected chi connectivity index (χ0v) is 58.1. The molecule has 24 heteroatoms. The standard InChI is InChI=1S/C39H104O12Si12/c1-27-29-35-55(13,14)45-59(21,22)49-63(48-58(19,20)43-53(7,8)9,50-60(23,24)46-56(15,16)36-30-28-2)39-38-62(26,44-54(10,11)12)51-61(25,37-31-32-41-34-33-40-3)47-57(17,18)42-52(4,5)6/h27-39H2,1-26H3. The molecule has 0 aromatic carbocycles. The number of hydrogen-bond donors (Lipinski definition) is 0. The van der Waals surface area contributed by atoms with Gasteiger partial charge in [0.2, 0.25) is 0 Å². The zero-order chi connectivity index (χ0) is 49.7. The second kappa shape index (κ2) is 26.0. The van der Waals surface area contributed by atoms with Gasteiger partial charge in [0.25, 0.3) is 0 Å². The van der Waals surface area contributed by atoms with Crippen LogP contribution in [0.1, 0.15) is 46.0 Å². The van der Waals surface area contributed by atoms with E-state index in [1.807, 2.05) is 0 Å². The average Bonchev–Trinajstić information content (AvgIpc) is 2.98. The molecule has 0 aromatic rings. The predicted octanol–water partition coefficient (Wildman–Crippen LogP) is 13.6. The average molecular weight is 1100 g/mol. The fourth-order valence-corrected chi connectivity index (χ4v) is 67.7. The second-order valence-electron chi connectivity index (χ2n) is 23.8. The maximum Gasteiger partial charge on any atom is 0.474 e. The van der Waals surface area contributed by atoms with Gasteiger partial charge in [0.15, 0.2) is 41.6 Å². The Morgan fingerprint density at radius 3 is 1.03 bits per heavy atom. The molecule has 0 bridgehead atoms. The van der Waals surface area contributed by atoms with E-state index in [9.17, 15) is 0 Å². The van der Waals surface area contributed by atoms with Crippen molar-refractivity contribution in [3.63, 3.8) is 0 Å². The van der Waals surface area contributed by atoms with Crippen LogP contribution < -0.4 is 0 Å². The van der Waals surface area contributed by atoms with E-state index in [2.05, 4.69) is 164 Å². The minimum absolute atomic E-state index is 0.496. The quantitative estimate of drug-likeness (QED) is 0.0440. The third-order valence-electron chi connectivity index (χ3n) is 9.27. The van der Waals surface area contributed by atoms with Crippen LogP contribution in [0.3, 0.4) is 0 Å². The first-order valence-corrected chi connectivity index (χ1v) is 58.7. The van der Waals surface area contributed by atoms with Crippen molar-refractivity contribution in [2.45, 2.75) is 227 Å². The summed E-state index contributed by atoms with van der Waals surface area (Å²) in [7, 11) is -29.8. The van der Waals surface area contributed by atoms with Crippen molar-refractivity contribution < 1.29 is 50.6 Å². The van der Waals surface area contributed by atoms with Gasteiger partial charge in [-0.15, -0.1) is 0 Å². The van der Waals surface area contributed by atoms with Crippen molar-refractivity contribution in [3.05, 3.63) is 0 Å². The van der Waals surface area contributed by atoms with Crippen molar-refractivity contribution in [3.8, 4) is 0 Å². The summed E-state index contributed by atoms with van der Waals surface area (Å²) in [5.74, 6) is 0. The largest absolute Gasteiger partial charge is 0.474 e. The fraction of sp³-hybridized carbons (Fsp3) is 1.00. The Morgan fingerprint density at radius 1 is 0.302 bits per heavy atom. The maximum atomic E-state index is 7.68. The number of methoxy groups -OCH3 is 1. The third-order valence-corrected chi connectivity index (χ3v) is 54.3. The van der Waals surface area contributed by atoms with Crippen molar-refractivity contribution >= 4 is 102 Å². The van der Waals surface area contributed by atoms with Gasteiger partial charge >= 0.3 is 60.2 Å². The topological polar surface area (TPSA) is 111 Å². The lowest BCUT2D eigenvalue weighted by atomic mass is 10.4. The Balaban J connectivity index is 7.88. The molecule has 0 aliphatic carbocycles. The van der Waals surface area contributed by atoms with Crippen LogP contribution in [0.4, 0.5) is 0 Å². The Bertz CT molecular complexity index is 1270. The van der Waals surface area contributed by atoms with E-state index in [1.54, 1.807) is 7.11 Å². The van der Waals surface area contributed by atoms with E-state index in [4.69, 9.17) is 50.6 Å². The van der Waals surface area contributed by atoms with Gasteiger partial charge in [0, 0.05) is 19.8 Å². The first-order chi connectivity index (χ1) is 28.0. The van der Waals surface area contributed by atoms with E-state index in [-0.39, 0.29) is 0 Å². The monoisotopic (exact) mass is 1100 g/mol. The summed E-state index contributed by atoms with van der Waals surface area (Å²) in [6, 6.07) is 3.98. The van der Waals surface area contributed by atoms with Gasteiger partial charge in [0.1, 0.15) is 0 Å². The molecule has 0 aromatic heterocycles. The first-order valence-electron chi connectivity index (χ1n) is 24.0. The zero-order valence-electron chi connectivity index (χ0n) is 46.1. The smallest absolute Gasteiger partial charge is 0.437 e. The number of rotatable bonds is 36. The summed E-state index contributed by atoms with van der Waals surface area (Å²) in [4.78, 5) is 0. The van der Waals surface area contributed by atoms with Crippen LogP contribution in [0.5, 0.6) is 0 Å². The van der Waals surface area contributed by atoms with Gasteiger partial charge in [-0.25, -0.2) is 0 Å². The molecule has 0 N–H and O–H groups in total. The summed E-state index contributed by atoms with van der Waals surface area (Å²) in [6.07, 6.45) is 5.33. The highest BCUT2D eigenvalue weighted by Gasteiger charge is 2.59. The van der Waals surface area contributed by atoms with Crippen LogP contribution in [-0.2, 0) is 50.6 Å². The molecule has 0 heterocycles. The van der Waals surface area contributed by atoms with Gasteiger partial charge in [0.05, 0.1) is 13.2 Å². The maximum absolute atomic E-state index is 7.68. The summed E-state index contributed by atoms with van der Waals surface area (Å²) in [5, 5.41) is 0. The summed E-state index contributed by atoms with van der Waals surface area (Å²) in [6.45, 7) is 57.5. The minimum Gasteiger partial charge on any atom is -0.437 e. The molecule has 0 aliphatic rings. The number of hydrogen-bond acceptors (Lipinski definition) is 12. The van der Waals surface area contributed by atoms with Gasteiger partial charge < -0.3 is 50.6 Å². The highest BCUT2D eigenvalue weighted by Crippen LogP contribution is 2.39. The SMILES string of the molecule is CCCC[Si](C)(C)O[Si](C)(C)O[Si](CC[Si](C)(O[Si](C)(C)C)O[Si](C)(CCCOCCOC)O[Si](C)(C)O[Si](C)(C)C)(O[Si](C)(C)O[Si](C)(C)C)O[Si](C)(C)O[Si](C)(C)CCCC. The van der Waals surface area contributed by atoms with Crippen LogP contribution in [0.15, 0.2) is 0 Å². The molecule has 0 radical (unpaired) electrons. The number of ether oxygens (including phenoxy) is 2. The van der Waals surface area contributed by atoms with Crippen LogP contribution in [-0.4, -0.2) is 129 Å². The second-order valence-corrected chi connectivity index (χ2v) is 71.3. The van der Waals surface area contributed by atoms with Crippen molar-refractivity contribution in [1.29, 1.82) is 0 Å². The van der Waals surface area contributed by atoms with E-state index >= 15 is 0 Å². The molecule has 0 amide bonds. The summed E-state index contributed by atoms with van der Waals surface area (Å²) >= 11 is 0. The van der Waals surface area contributed by atoms with Crippen molar-refractivity contribution in [1.82, 2.24) is 0 Å². The van der Waals surface area contributed by atoms with Crippen LogP contribution in [0.25, 0.3) is 0 Å². The molecule has 0 saturated carbocycles. The van der Waals surface area contributed by atoms with Gasteiger partial charge in [-0.1, -0.05) is 39.5 Å². The third kappa shape index (κ3) is 31.9. The van der Waals surface area contributed by atoms with Crippen LogP contribution >= 0.6 is 0 Å². The predicted molar refractivity (Wildman–Crippen MR) is 296 cm³/mol. The molecular weight excluding hydrogens is 997 g/mol. The summed E-state index contributed by atoms with van der Waals surface area (Å²) in [5.41, 5.74) is 0. The van der Waals surface area contributed by atoms with Crippen molar-refractivity contribution in [2.24, 2.45) is 0 Å². The number of unbranched alkanes of at least 4 members (excludes halogenated alkanes) is 2. The normalized spacial score (nSPS) is 16.7. The molecule has 0 aliphatic heterocycles. The van der Waals surface area contributed by atoms with Gasteiger partial charge in [-0.3, -0.25) is 0 Å². The lowest BCUT2D eigenvalue weighted by Gasteiger charge is -2.48. The van der Waals surface area contributed by atoms with Gasteiger partial charge in [-0.2, -0.15) is 0 Å². The van der Waals surface area contributed by atoms with Gasteiger partial charge in [-0.05, 0) is 181 Å². The molecule has 2 atom stereocenters. The first kappa shape index (κ1) is 65.1.